The monoisotopic (exact) mass is 401 g/mol. The summed E-state index contributed by atoms with van der Waals surface area (Å²) in [5, 5.41) is 12.2. The van der Waals surface area contributed by atoms with E-state index in [0.29, 0.717) is 5.82 Å². The molecule has 1 aromatic carbocycles. The summed E-state index contributed by atoms with van der Waals surface area (Å²) in [6.07, 6.45) is 4.32. The fourth-order valence-corrected chi connectivity index (χ4v) is 4.54. The predicted molar refractivity (Wildman–Crippen MR) is 109 cm³/mol. The Morgan fingerprint density at radius 3 is 2.57 bits per heavy atom. The second kappa shape index (κ2) is 7.84. The number of amides is 1. The number of piperidine rings is 1. The number of carbonyl (C=O) groups excluding carboxylic acids is 1. The van der Waals surface area contributed by atoms with Crippen LogP contribution in [-0.4, -0.2) is 44.7 Å². The molecule has 0 aliphatic carbocycles. The molecule has 0 atom stereocenters. The number of benzene rings is 1. The number of rotatable bonds is 4. The fourth-order valence-electron chi connectivity index (χ4n) is 4.41. The second-order valence-corrected chi connectivity index (χ2v) is 8.99. The minimum Gasteiger partial charge on any atom is -0.347 e. The van der Waals surface area contributed by atoms with Crippen LogP contribution in [0.2, 0.25) is 5.02 Å². The van der Waals surface area contributed by atoms with Crippen LogP contribution < -0.4 is 5.32 Å². The molecule has 2 aliphatic heterocycles. The van der Waals surface area contributed by atoms with Crippen LogP contribution in [0.15, 0.2) is 24.3 Å². The summed E-state index contributed by atoms with van der Waals surface area (Å²) >= 11 is 5.99. The second-order valence-electron chi connectivity index (χ2n) is 8.56. The van der Waals surface area contributed by atoms with Gasteiger partial charge in [0.25, 0.3) is 5.91 Å². The summed E-state index contributed by atoms with van der Waals surface area (Å²) in [6.45, 7) is 7.89. The normalized spacial score (nSPS) is 19.0. The molecule has 1 saturated heterocycles. The van der Waals surface area contributed by atoms with Gasteiger partial charge in [-0.15, -0.1) is 10.2 Å². The van der Waals surface area contributed by atoms with Crippen molar-refractivity contribution < 1.29 is 4.79 Å². The molecule has 7 heteroatoms. The van der Waals surface area contributed by atoms with Crippen LogP contribution in [-0.2, 0) is 19.5 Å². The quantitative estimate of drug-likeness (QED) is 0.853. The van der Waals surface area contributed by atoms with Crippen LogP contribution in [0, 0.1) is 5.41 Å². The maximum Gasteiger partial charge on any atom is 0.289 e. The van der Waals surface area contributed by atoms with Crippen LogP contribution in [0.5, 0.6) is 0 Å². The van der Waals surface area contributed by atoms with Gasteiger partial charge in [-0.2, -0.15) is 0 Å². The summed E-state index contributed by atoms with van der Waals surface area (Å²) in [6, 6.07) is 8.22. The van der Waals surface area contributed by atoms with Crippen LogP contribution in [0.3, 0.4) is 0 Å². The molecule has 0 bridgehead atoms. The highest BCUT2D eigenvalue weighted by atomic mass is 35.5. The largest absolute Gasteiger partial charge is 0.347 e. The summed E-state index contributed by atoms with van der Waals surface area (Å²) in [7, 11) is 0. The van der Waals surface area contributed by atoms with E-state index in [1.165, 1.54) is 5.56 Å². The van der Waals surface area contributed by atoms with Crippen molar-refractivity contribution in [2.24, 2.45) is 5.41 Å². The molecule has 1 amide bonds. The van der Waals surface area contributed by atoms with Crippen molar-refractivity contribution in [3.63, 3.8) is 0 Å². The number of nitrogens with one attached hydrogen (secondary N) is 1. The van der Waals surface area contributed by atoms with Crippen molar-refractivity contribution in [3.8, 4) is 0 Å². The van der Waals surface area contributed by atoms with Gasteiger partial charge in [0.15, 0.2) is 0 Å². The summed E-state index contributed by atoms with van der Waals surface area (Å²) < 4.78 is 2.07. The zero-order valence-corrected chi connectivity index (χ0v) is 17.4. The van der Waals surface area contributed by atoms with E-state index in [9.17, 15) is 4.79 Å². The number of halogens is 1. The number of aromatic nitrogens is 3. The van der Waals surface area contributed by atoms with Crippen molar-refractivity contribution in [1.29, 1.82) is 0 Å². The fraction of sp³-hybridized carbons (Fsp3) is 0.571. The Hall–Kier alpha value is -1.92. The van der Waals surface area contributed by atoms with E-state index in [4.69, 9.17) is 11.6 Å². The smallest absolute Gasteiger partial charge is 0.289 e. The minimum absolute atomic E-state index is 0.0918. The SMILES string of the molecule is CC(C)NC(=O)c1nnc2n1CC1(CC2)CCN(Cc2ccc(Cl)cc2)CC1. The Morgan fingerprint density at radius 1 is 1.18 bits per heavy atom. The Bertz CT molecular complexity index is 837. The molecule has 6 nitrogen and oxygen atoms in total. The third-order valence-electron chi connectivity index (χ3n) is 6.06. The van der Waals surface area contributed by atoms with Crippen LogP contribution in [0.1, 0.15) is 55.1 Å². The van der Waals surface area contributed by atoms with Gasteiger partial charge in [0.2, 0.25) is 5.82 Å². The zero-order chi connectivity index (χ0) is 19.7. The Kier molecular flexibility index (Phi) is 5.43. The standard InChI is InChI=1S/C21H28ClN5O/c1-15(2)23-20(28)19-25-24-18-7-8-21(14-27(18)19)9-11-26(12-10-21)13-16-3-5-17(22)6-4-16/h3-6,15H,7-14H2,1-2H3,(H,23,28). The number of nitrogens with zero attached hydrogens (tertiary/aromatic N) is 4. The van der Waals surface area contributed by atoms with Crippen molar-refractivity contribution in [2.45, 2.75) is 58.7 Å². The number of aryl methyl sites for hydroxylation is 1. The summed E-state index contributed by atoms with van der Waals surface area (Å²) in [4.78, 5) is 15.0. The lowest BCUT2D eigenvalue weighted by molar-refractivity contribution is 0.0617. The Balaban J connectivity index is 1.41. The Morgan fingerprint density at radius 2 is 1.89 bits per heavy atom. The lowest BCUT2D eigenvalue weighted by Gasteiger charge is -2.44. The van der Waals surface area contributed by atoms with Crippen LogP contribution in [0.4, 0.5) is 0 Å². The lowest BCUT2D eigenvalue weighted by atomic mass is 9.73. The van der Waals surface area contributed by atoms with E-state index >= 15 is 0 Å². The van der Waals surface area contributed by atoms with Crippen molar-refractivity contribution in [2.75, 3.05) is 13.1 Å². The van der Waals surface area contributed by atoms with Crippen molar-refractivity contribution >= 4 is 17.5 Å². The van der Waals surface area contributed by atoms with E-state index in [1.807, 2.05) is 26.0 Å². The average molecular weight is 402 g/mol. The van der Waals surface area contributed by atoms with E-state index in [-0.39, 0.29) is 17.4 Å². The highest BCUT2D eigenvalue weighted by Gasteiger charge is 2.39. The predicted octanol–water partition coefficient (Wildman–Crippen LogP) is 3.30. The van der Waals surface area contributed by atoms with E-state index in [1.54, 1.807) is 0 Å². The first-order valence-electron chi connectivity index (χ1n) is 10.1. The molecule has 3 heterocycles. The first-order chi connectivity index (χ1) is 13.4. The molecule has 0 unspecified atom stereocenters. The van der Waals surface area contributed by atoms with Gasteiger partial charge in [0.05, 0.1) is 0 Å². The minimum atomic E-state index is -0.119. The number of hydrogen-bond donors (Lipinski definition) is 1. The molecule has 1 aromatic heterocycles. The summed E-state index contributed by atoms with van der Waals surface area (Å²) in [5.74, 6) is 1.29. The first kappa shape index (κ1) is 19.4. The topological polar surface area (TPSA) is 63.1 Å². The number of fused-ring (bicyclic) bond motifs is 1. The first-order valence-corrected chi connectivity index (χ1v) is 10.5. The maximum atomic E-state index is 12.5. The number of carbonyl (C=O) groups is 1. The van der Waals surface area contributed by atoms with Gasteiger partial charge in [0.1, 0.15) is 5.82 Å². The highest BCUT2D eigenvalue weighted by Crippen LogP contribution is 2.41. The van der Waals surface area contributed by atoms with Gasteiger partial charge < -0.3 is 9.88 Å². The molecule has 2 aromatic rings. The Labute approximate surface area is 171 Å². The molecule has 1 fully saturated rings. The van der Waals surface area contributed by atoms with Crippen LogP contribution >= 0.6 is 11.6 Å². The van der Waals surface area contributed by atoms with Gasteiger partial charge >= 0.3 is 0 Å². The average Bonchev–Trinajstić information content (AvgIpc) is 3.08. The van der Waals surface area contributed by atoms with Crippen molar-refractivity contribution in [3.05, 3.63) is 46.5 Å². The molecular weight excluding hydrogens is 374 g/mol. The van der Waals surface area contributed by atoms with Gasteiger partial charge in [0, 0.05) is 30.6 Å². The lowest BCUT2D eigenvalue weighted by Crippen LogP contribution is -2.45. The van der Waals surface area contributed by atoms with Gasteiger partial charge in [-0.05, 0) is 69.3 Å². The number of hydrogen-bond acceptors (Lipinski definition) is 4. The molecule has 1 spiro atoms. The van der Waals surface area contributed by atoms with Gasteiger partial charge in [-0.1, -0.05) is 23.7 Å². The molecule has 0 saturated carbocycles. The van der Waals surface area contributed by atoms with Gasteiger partial charge in [-0.3, -0.25) is 9.69 Å². The molecule has 150 valence electrons. The molecule has 2 aliphatic rings. The van der Waals surface area contributed by atoms with Gasteiger partial charge in [-0.25, -0.2) is 0 Å². The van der Waals surface area contributed by atoms with E-state index in [2.05, 4.69) is 37.1 Å². The van der Waals surface area contributed by atoms with E-state index in [0.717, 1.165) is 62.7 Å². The zero-order valence-electron chi connectivity index (χ0n) is 16.6. The third-order valence-corrected chi connectivity index (χ3v) is 6.31. The highest BCUT2D eigenvalue weighted by molar-refractivity contribution is 6.30. The summed E-state index contributed by atoms with van der Waals surface area (Å²) in [5.41, 5.74) is 1.55. The van der Waals surface area contributed by atoms with E-state index < -0.39 is 0 Å². The number of likely N-dealkylation sites (tertiary alicyclic amines) is 1. The molecular formula is C21H28ClN5O. The molecule has 4 rings (SSSR count). The molecule has 1 N–H and O–H groups in total. The molecule has 28 heavy (non-hydrogen) atoms. The van der Waals surface area contributed by atoms with Crippen LogP contribution in [0.25, 0.3) is 0 Å². The maximum absolute atomic E-state index is 12.5. The third kappa shape index (κ3) is 4.08. The van der Waals surface area contributed by atoms with Crippen molar-refractivity contribution in [1.82, 2.24) is 25.0 Å². The molecule has 0 radical (unpaired) electrons.